The van der Waals surface area contributed by atoms with Crippen molar-refractivity contribution >= 4 is 26.0 Å². The molecule has 90 valence electrons. The highest BCUT2D eigenvalue weighted by Gasteiger charge is 2.14. The quantitative estimate of drug-likeness (QED) is 0.907. The van der Waals surface area contributed by atoms with Gasteiger partial charge in [0.25, 0.3) is 0 Å². The minimum Gasteiger partial charge on any atom is -0.496 e. The number of ether oxygens (including phenoxy) is 1. The zero-order chi connectivity index (χ0) is 12.2. The van der Waals surface area contributed by atoms with Crippen molar-refractivity contribution in [1.82, 2.24) is 4.72 Å². The lowest BCUT2D eigenvalue weighted by Gasteiger charge is -2.08. The fraction of sp³-hybridized carbons (Fsp3) is 0.400. The van der Waals surface area contributed by atoms with Crippen molar-refractivity contribution in [3.63, 3.8) is 0 Å². The Balaban J connectivity index is 3.01. The monoisotopic (exact) mass is 307 g/mol. The minimum atomic E-state index is -3.41. The van der Waals surface area contributed by atoms with Crippen LogP contribution < -0.4 is 9.46 Å². The Morgan fingerprint density at radius 2 is 2.12 bits per heavy atom. The second kappa shape index (κ2) is 5.65. The number of nitrogens with one attached hydrogen (secondary N) is 1. The number of rotatable bonds is 5. The summed E-state index contributed by atoms with van der Waals surface area (Å²) >= 11 is 3.25. The normalized spacial score (nSPS) is 11.4. The van der Waals surface area contributed by atoms with Gasteiger partial charge >= 0.3 is 0 Å². The van der Waals surface area contributed by atoms with Gasteiger partial charge in [-0.1, -0.05) is 6.92 Å². The smallest absolute Gasteiger partial charge is 0.240 e. The minimum absolute atomic E-state index is 0.230. The summed E-state index contributed by atoms with van der Waals surface area (Å²) in [5, 5.41) is 0. The van der Waals surface area contributed by atoms with Gasteiger partial charge in [-0.2, -0.15) is 0 Å². The maximum Gasteiger partial charge on any atom is 0.240 e. The van der Waals surface area contributed by atoms with Gasteiger partial charge in [-0.3, -0.25) is 0 Å². The second-order valence-corrected chi connectivity index (χ2v) is 5.82. The molecular weight excluding hydrogens is 294 g/mol. The Labute approximate surface area is 104 Å². The molecule has 0 saturated heterocycles. The zero-order valence-corrected chi connectivity index (χ0v) is 11.6. The lowest BCUT2D eigenvalue weighted by atomic mass is 10.3. The van der Waals surface area contributed by atoms with E-state index >= 15 is 0 Å². The lowest BCUT2D eigenvalue weighted by molar-refractivity contribution is 0.411. The van der Waals surface area contributed by atoms with E-state index in [1.54, 1.807) is 6.07 Å². The van der Waals surface area contributed by atoms with Crippen LogP contribution in [0.25, 0.3) is 0 Å². The molecule has 0 atom stereocenters. The summed E-state index contributed by atoms with van der Waals surface area (Å²) in [6.45, 7) is 2.35. The van der Waals surface area contributed by atoms with Crippen LogP contribution in [-0.4, -0.2) is 22.1 Å². The van der Waals surface area contributed by atoms with Crippen molar-refractivity contribution in [2.75, 3.05) is 13.7 Å². The molecule has 0 bridgehead atoms. The van der Waals surface area contributed by atoms with Gasteiger partial charge in [0, 0.05) is 6.54 Å². The number of methoxy groups -OCH3 is 1. The molecule has 1 aromatic rings. The van der Waals surface area contributed by atoms with E-state index in [2.05, 4.69) is 20.7 Å². The van der Waals surface area contributed by atoms with Crippen molar-refractivity contribution in [1.29, 1.82) is 0 Å². The van der Waals surface area contributed by atoms with Crippen LogP contribution in [0.2, 0.25) is 0 Å². The molecule has 0 unspecified atom stereocenters. The van der Waals surface area contributed by atoms with Crippen LogP contribution >= 0.6 is 15.9 Å². The molecule has 1 rings (SSSR count). The third-order valence-electron chi connectivity index (χ3n) is 1.98. The Morgan fingerprint density at radius 3 is 2.62 bits per heavy atom. The van der Waals surface area contributed by atoms with Gasteiger partial charge < -0.3 is 4.74 Å². The molecule has 1 N–H and O–H groups in total. The Hall–Kier alpha value is -0.590. The highest BCUT2D eigenvalue weighted by Crippen LogP contribution is 2.27. The molecule has 0 aliphatic carbocycles. The number of hydrogen-bond donors (Lipinski definition) is 1. The summed E-state index contributed by atoms with van der Waals surface area (Å²) in [7, 11) is -1.87. The molecule has 6 heteroatoms. The first-order valence-corrected chi connectivity index (χ1v) is 7.12. The van der Waals surface area contributed by atoms with E-state index in [1.807, 2.05) is 6.92 Å². The van der Waals surface area contributed by atoms with E-state index in [1.165, 1.54) is 19.2 Å². The van der Waals surface area contributed by atoms with Crippen LogP contribution in [-0.2, 0) is 10.0 Å². The molecule has 0 aliphatic rings. The van der Waals surface area contributed by atoms with Gasteiger partial charge in [0.05, 0.1) is 16.5 Å². The molecule has 4 nitrogen and oxygen atoms in total. The van der Waals surface area contributed by atoms with E-state index in [0.717, 1.165) is 6.42 Å². The fourth-order valence-corrected chi connectivity index (χ4v) is 2.99. The third kappa shape index (κ3) is 3.20. The predicted molar refractivity (Wildman–Crippen MR) is 66.2 cm³/mol. The maximum absolute atomic E-state index is 11.8. The number of hydrogen-bond acceptors (Lipinski definition) is 3. The largest absolute Gasteiger partial charge is 0.496 e. The summed E-state index contributed by atoms with van der Waals surface area (Å²) in [5.74, 6) is 0.606. The van der Waals surface area contributed by atoms with Crippen LogP contribution in [0, 0.1) is 0 Å². The van der Waals surface area contributed by atoms with E-state index < -0.39 is 10.0 Å². The lowest BCUT2D eigenvalue weighted by Crippen LogP contribution is -2.24. The Kier molecular flexibility index (Phi) is 4.76. The zero-order valence-electron chi connectivity index (χ0n) is 9.16. The Morgan fingerprint density at radius 1 is 1.44 bits per heavy atom. The van der Waals surface area contributed by atoms with E-state index in [0.29, 0.717) is 16.8 Å². The molecule has 0 aromatic heterocycles. The predicted octanol–water partition coefficient (Wildman–Crippen LogP) is 2.15. The molecule has 0 spiro atoms. The summed E-state index contributed by atoms with van der Waals surface area (Å²) < 4.78 is 31.7. The number of benzene rings is 1. The molecule has 16 heavy (non-hydrogen) atoms. The van der Waals surface area contributed by atoms with Crippen molar-refractivity contribution in [3.8, 4) is 5.75 Å². The highest BCUT2D eigenvalue weighted by molar-refractivity contribution is 9.10. The molecule has 0 aliphatic heterocycles. The standard InChI is InChI=1S/C10H14BrNO3S/c1-3-6-12-16(13,14)8-4-5-10(15-2)9(11)7-8/h4-5,7,12H,3,6H2,1-2H3. The van der Waals surface area contributed by atoms with Crippen LogP contribution in [0.3, 0.4) is 0 Å². The third-order valence-corrected chi connectivity index (χ3v) is 4.05. The molecule has 0 saturated carbocycles. The second-order valence-electron chi connectivity index (χ2n) is 3.19. The van der Waals surface area contributed by atoms with E-state index in [9.17, 15) is 8.42 Å². The molecule has 0 heterocycles. The number of sulfonamides is 1. The van der Waals surface area contributed by atoms with Crippen LogP contribution in [0.15, 0.2) is 27.6 Å². The van der Waals surface area contributed by atoms with Crippen molar-refractivity contribution < 1.29 is 13.2 Å². The molecule has 1 aromatic carbocycles. The summed E-state index contributed by atoms with van der Waals surface area (Å²) in [5.41, 5.74) is 0. The van der Waals surface area contributed by atoms with Gasteiger partial charge in [0.1, 0.15) is 5.75 Å². The molecular formula is C10H14BrNO3S. The molecule has 0 fully saturated rings. The first kappa shape index (κ1) is 13.5. The average Bonchev–Trinajstić information content (AvgIpc) is 2.26. The van der Waals surface area contributed by atoms with E-state index in [4.69, 9.17) is 4.74 Å². The Bertz CT molecular complexity index is 459. The van der Waals surface area contributed by atoms with Crippen LogP contribution in [0.4, 0.5) is 0 Å². The van der Waals surface area contributed by atoms with Crippen molar-refractivity contribution in [2.24, 2.45) is 0 Å². The van der Waals surface area contributed by atoms with Gasteiger partial charge in [-0.25, -0.2) is 13.1 Å². The van der Waals surface area contributed by atoms with Gasteiger partial charge in [-0.05, 0) is 40.5 Å². The van der Waals surface area contributed by atoms with Crippen LogP contribution in [0.5, 0.6) is 5.75 Å². The fourth-order valence-electron chi connectivity index (χ4n) is 1.13. The average molecular weight is 308 g/mol. The highest BCUT2D eigenvalue weighted by atomic mass is 79.9. The van der Waals surface area contributed by atoms with E-state index in [-0.39, 0.29) is 4.90 Å². The van der Waals surface area contributed by atoms with Crippen molar-refractivity contribution in [3.05, 3.63) is 22.7 Å². The topological polar surface area (TPSA) is 55.4 Å². The maximum atomic E-state index is 11.8. The van der Waals surface area contributed by atoms with Gasteiger partial charge in [0.15, 0.2) is 0 Å². The molecule has 0 radical (unpaired) electrons. The van der Waals surface area contributed by atoms with Gasteiger partial charge in [-0.15, -0.1) is 0 Å². The van der Waals surface area contributed by atoms with Crippen LogP contribution in [0.1, 0.15) is 13.3 Å². The van der Waals surface area contributed by atoms with Gasteiger partial charge in [0.2, 0.25) is 10.0 Å². The number of halogens is 1. The van der Waals surface area contributed by atoms with Crippen molar-refractivity contribution in [2.45, 2.75) is 18.2 Å². The summed E-state index contributed by atoms with van der Waals surface area (Å²) in [4.78, 5) is 0.230. The summed E-state index contributed by atoms with van der Waals surface area (Å²) in [6.07, 6.45) is 0.760. The molecule has 0 amide bonds. The first-order valence-electron chi connectivity index (χ1n) is 4.84. The summed E-state index contributed by atoms with van der Waals surface area (Å²) in [6, 6.07) is 4.66. The SMILES string of the molecule is CCCNS(=O)(=O)c1ccc(OC)c(Br)c1. The first-order chi connectivity index (χ1) is 7.51.